The predicted octanol–water partition coefficient (Wildman–Crippen LogP) is 4.50. The third kappa shape index (κ3) is 5.15. The number of anilines is 1. The summed E-state index contributed by atoms with van der Waals surface area (Å²) >= 11 is 3.77. The third-order valence-electron chi connectivity index (χ3n) is 8.97. The van der Waals surface area contributed by atoms with Crippen LogP contribution in [0.15, 0.2) is 86.0 Å². The number of likely N-dealkylation sites (tertiary alicyclic amines) is 1. The smallest absolute Gasteiger partial charge is 0.249 e. The van der Waals surface area contributed by atoms with Crippen molar-refractivity contribution in [2.45, 2.75) is 61.3 Å². The molecule has 3 fully saturated rings. The van der Waals surface area contributed by atoms with E-state index in [0.29, 0.717) is 17.7 Å². The van der Waals surface area contributed by atoms with Crippen LogP contribution < -0.4 is 4.90 Å². The van der Waals surface area contributed by atoms with Crippen molar-refractivity contribution in [3.8, 4) is 0 Å². The quantitative estimate of drug-likeness (QED) is 0.302. The Hall–Kier alpha value is -3.27. The Labute approximate surface area is 262 Å². The number of rotatable bonds is 10. The molecular formula is C34H40BrN3O5. The lowest BCUT2D eigenvalue weighted by Crippen LogP contribution is -2.60. The van der Waals surface area contributed by atoms with Gasteiger partial charge in [-0.15, -0.1) is 13.2 Å². The van der Waals surface area contributed by atoms with Crippen molar-refractivity contribution in [2.75, 3.05) is 24.6 Å². The number of amides is 3. The zero-order valence-electron chi connectivity index (χ0n) is 24.9. The Morgan fingerprint density at radius 1 is 1.07 bits per heavy atom. The minimum atomic E-state index is -1.27. The van der Waals surface area contributed by atoms with E-state index in [0.717, 1.165) is 0 Å². The number of alkyl halides is 1. The zero-order chi connectivity index (χ0) is 31.1. The Bertz CT molecular complexity index is 1380. The zero-order valence-corrected chi connectivity index (χ0v) is 26.5. The maximum absolute atomic E-state index is 14.8. The molecule has 9 heteroatoms. The van der Waals surface area contributed by atoms with Gasteiger partial charge in [0.25, 0.3) is 0 Å². The Morgan fingerprint density at radius 2 is 1.67 bits per heavy atom. The maximum Gasteiger partial charge on any atom is 0.249 e. The van der Waals surface area contributed by atoms with E-state index in [1.165, 1.54) is 4.90 Å². The molecule has 0 aromatic heterocycles. The largest absolute Gasteiger partial charge is 0.394 e. The van der Waals surface area contributed by atoms with Gasteiger partial charge in [0.2, 0.25) is 17.7 Å². The second-order valence-electron chi connectivity index (χ2n) is 12.5. The van der Waals surface area contributed by atoms with Crippen molar-refractivity contribution < 1.29 is 24.2 Å². The molecule has 228 valence electrons. The number of fused-ring (bicyclic) bond motifs is 1. The molecule has 1 N–H and O–H groups in total. The van der Waals surface area contributed by atoms with Gasteiger partial charge in [-0.25, -0.2) is 0 Å². The fourth-order valence-electron chi connectivity index (χ4n) is 7.20. The Kier molecular flexibility index (Phi) is 8.71. The standard InChI is InChI=1S/C34H40BrN3O5/c1-6-18-36(23-16-12-9-13-17-23)30(40)26-27-31(41)38(25(21-39)22-14-10-8-11-15-22)29(34(27)20-24(35)28(26)43-34)32(42)37(19-7-2)33(3,4)5/h6-17,24-29,39H,1-2,18-21H2,3-5H3/t24?,25-,26+,27+,28+,29?,34?/m1/s1. The summed E-state index contributed by atoms with van der Waals surface area (Å²) in [6.45, 7) is 13.7. The first-order valence-electron chi connectivity index (χ1n) is 14.7. The van der Waals surface area contributed by atoms with Crippen LogP contribution in [0.25, 0.3) is 0 Å². The topological polar surface area (TPSA) is 90.4 Å². The molecule has 2 bridgehead atoms. The molecule has 3 amide bonds. The number of nitrogens with zero attached hydrogens (tertiary/aromatic N) is 3. The third-order valence-corrected chi connectivity index (χ3v) is 9.82. The van der Waals surface area contributed by atoms with Crippen LogP contribution in [-0.4, -0.2) is 80.4 Å². The summed E-state index contributed by atoms with van der Waals surface area (Å²) in [6.07, 6.45) is 3.08. The van der Waals surface area contributed by atoms with Crippen LogP contribution in [-0.2, 0) is 19.1 Å². The number of para-hydroxylation sites is 1. The number of ether oxygens (including phenoxy) is 1. The minimum Gasteiger partial charge on any atom is -0.394 e. The van der Waals surface area contributed by atoms with Crippen LogP contribution >= 0.6 is 15.9 Å². The average molecular weight is 651 g/mol. The van der Waals surface area contributed by atoms with E-state index >= 15 is 0 Å². The van der Waals surface area contributed by atoms with Crippen LogP contribution in [0.3, 0.4) is 0 Å². The van der Waals surface area contributed by atoms with Gasteiger partial charge in [-0.05, 0) is 44.9 Å². The van der Waals surface area contributed by atoms with E-state index in [2.05, 4.69) is 29.1 Å². The Balaban J connectivity index is 1.66. The van der Waals surface area contributed by atoms with Crippen molar-refractivity contribution in [1.29, 1.82) is 0 Å². The molecule has 3 aliphatic heterocycles. The van der Waals surface area contributed by atoms with Crippen molar-refractivity contribution >= 4 is 39.3 Å². The molecule has 43 heavy (non-hydrogen) atoms. The minimum absolute atomic E-state index is 0.249. The number of carbonyl (C=O) groups excluding carboxylic acids is 3. The lowest BCUT2D eigenvalue weighted by atomic mass is 9.70. The van der Waals surface area contributed by atoms with E-state index in [9.17, 15) is 19.5 Å². The van der Waals surface area contributed by atoms with E-state index in [-0.39, 0.29) is 35.6 Å². The number of hydrogen-bond acceptors (Lipinski definition) is 5. The van der Waals surface area contributed by atoms with Gasteiger partial charge < -0.3 is 24.5 Å². The highest BCUT2D eigenvalue weighted by atomic mass is 79.9. The van der Waals surface area contributed by atoms with Crippen molar-refractivity contribution in [1.82, 2.24) is 9.80 Å². The summed E-state index contributed by atoms with van der Waals surface area (Å²) in [5.74, 6) is -2.67. The fraction of sp³-hybridized carbons (Fsp3) is 0.441. The highest BCUT2D eigenvalue weighted by Crippen LogP contribution is 2.61. The van der Waals surface area contributed by atoms with Crippen LogP contribution in [0, 0.1) is 11.8 Å². The van der Waals surface area contributed by atoms with Crippen molar-refractivity contribution in [3.05, 3.63) is 91.5 Å². The summed E-state index contributed by atoms with van der Waals surface area (Å²) in [4.78, 5) is 48.6. The summed E-state index contributed by atoms with van der Waals surface area (Å²) in [5, 5.41) is 10.8. The number of halogens is 1. The summed E-state index contributed by atoms with van der Waals surface area (Å²) < 4.78 is 6.76. The number of aliphatic hydroxyl groups excluding tert-OH is 1. The second kappa shape index (κ2) is 12.0. The molecule has 2 aromatic rings. The van der Waals surface area contributed by atoms with Crippen LogP contribution in [0.4, 0.5) is 5.69 Å². The van der Waals surface area contributed by atoms with Gasteiger partial charge in [-0.3, -0.25) is 14.4 Å². The maximum atomic E-state index is 14.8. The van der Waals surface area contributed by atoms with Gasteiger partial charge in [0.15, 0.2) is 0 Å². The number of aliphatic hydroxyl groups is 1. The molecule has 3 heterocycles. The van der Waals surface area contributed by atoms with E-state index in [1.807, 2.05) is 81.4 Å². The van der Waals surface area contributed by atoms with Crippen LogP contribution in [0.1, 0.15) is 38.8 Å². The van der Waals surface area contributed by atoms with Crippen molar-refractivity contribution in [2.24, 2.45) is 11.8 Å². The summed E-state index contributed by atoms with van der Waals surface area (Å²) in [5.41, 5.74) is -0.475. The van der Waals surface area contributed by atoms with E-state index in [1.54, 1.807) is 22.0 Å². The molecule has 8 nitrogen and oxygen atoms in total. The molecule has 3 unspecified atom stereocenters. The highest BCUT2D eigenvalue weighted by molar-refractivity contribution is 9.09. The number of carbonyl (C=O) groups is 3. The van der Waals surface area contributed by atoms with Gasteiger partial charge in [-0.2, -0.15) is 0 Å². The predicted molar refractivity (Wildman–Crippen MR) is 169 cm³/mol. The monoisotopic (exact) mass is 649 g/mol. The molecule has 2 aromatic carbocycles. The molecular weight excluding hydrogens is 610 g/mol. The van der Waals surface area contributed by atoms with Crippen LogP contribution in [0.2, 0.25) is 0 Å². The fourth-order valence-corrected chi connectivity index (χ4v) is 8.15. The lowest BCUT2D eigenvalue weighted by molar-refractivity contribution is -0.154. The number of hydrogen-bond donors (Lipinski definition) is 1. The molecule has 0 saturated carbocycles. The molecule has 3 aliphatic rings. The first-order chi connectivity index (χ1) is 20.5. The first kappa shape index (κ1) is 31.2. The van der Waals surface area contributed by atoms with Crippen LogP contribution in [0.5, 0.6) is 0 Å². The average Bonchev–Trinajstić information content (AvgIpc) is 3.58. The molecule has 5 rings (SSSR count). The summed E-state index contributed by atoms with van der Waals surface area (Å²) in [6, 6.07) is 16.6. The highest BCUT2D eigenvalue weighted by Gasteiger charge is 2.77. The summed E-state index contributed by atoms with van der Waals surface area (Å²) in [7, 11) is 0. The van der Waals surface area contributed by atoms with Crippen molar-refractivity contribution in [3.63, 3.8) is 0 Å². The number of benzene rings is 2. The van der Waals surface area contributed by atoms with Gasteiger partial charge in [0.1, 0.15) is 11.6 Å². The second-order valence-corrected chi connectivity index (χ2v) is 13.7. The van der Waals surface area contributed by atoms with E-state index < -0.39 is 47.8 Å². The first-order valence-corrected chi connectivity index (χ1v) is 15.6. The van der Waals surface area contributed by atoms with Gasteiger partial charge in [-0.1, -0.05) is 76.6 Å². The van der Waals surface area contributed by atoms with Gasteiger partial charge in [0.05, 0.1) is 30.6 Å². The molecule has 0 radical (unpaired) electrons. The molecule has 7 atom stereocenters. The normalized spacial score (nSPS) is 28.3. The molecule has 3 saturated heterocycles. The lowest BCUT2D eigenvalue weighted by Gasteiger charge is -2.43. The van der Waals surface area contributed by atoms with E-state index in [4.69, 9.17) is 4.74 Å². The van der Waals surface area contributed by atoms with Gasteiger partial charge >= 0.3 is 0 Å². The molecule has 1 spiro atoms. The SMILES string of the molecule is C=CCN(C(=O)[C@H]1[C@H]2C(=O)N([C@H](CO)c3ccccc3)C(C(=O)N(CC=C)C(C)(C)C)C23CC(Br)[C@@H]1O3)c1ccccc1. The Morgan fingerprint density at radius 3 is 2.23 bits per heavy atom. The molecule has 0 aliphatic carbocycles. The van der Waals surface area contributed by atoms with Gasteiger partial charge in [0, 0.05) is 29.1 Å².